The van der Waals surface area contributed by atoms with Gasteiger partial charge in [0.15, 0.2) is 5.82 Å². The number of rotatable bonds is 12. The third-order valence-electron chi connectivity index (χ3n) is 8.14. The van der Waals surface area contributed by atoms with Crippen LogP contribution in [-0.2, 0) is 17.6 Å². The van der Waals surface area contributed by atoms with Gasteiger partial charge in [0.2, 0.25) is 0 Å². The second kappa shape index (κ2) is 10.8. The molecule has 1 aromatic carbocycles. The predicted octanol–water partition coefficient (Wildman–Crippen LogP) is 6.30. The van der Waals surface area contributed by atoms with Gasteiger partial charge in [0.1, 0.15) is 11.5 Å². The van der Waals surface area contributed by atoms with E-state index in [1.807, 2.05) is 0 Å². The fourth-order valence-electron chi connectivity index (χ4n) is 6.12. The number of hydrogen-bond acceptors (Lipinski definition) is 6. The zero-order valence-corrected chi connectivity index (χ0v) is 22.5. The van der Waals surface area contributed by atoms with Crippen LogP contribution in [0.15, 0.2) is 32.0 Å². The number of aromatic nitrogens is 3. The Morgan fingerprint density at radius 1 is 1.11 bits per heavy atom. The maximum Gasteiger partial charge on any atom is 0.438 e. The smallest absolute Gasteiger partial charge is 0.361 e. The van der Waals surface area contributed by atoms with Crippen molar-refractivity contribution in [3.05, 3.63) is 68.3 Å². The van der Waals surface area contributed by atoms with Gasteiger partial charge in [-0.05, 0) is 81.3 Å². The Hall–Kier alpha value is -2.96. The SMILES string of the molecule is Cc1ccc(CC(=O)C[C@H](CCc2noc(=O)[nH]2)c2noc(C3CC(CC(C)C)C3)c2C2CC2)c(C)c1. The fraction of sp³-hybridized carbons (Fsp3) is 0.600. The largest absolute Gasteiger partial charge is 0.438 e. The Labute approximate surface area is 218 Å². The molecule has 0 amide bonds. The maximum absolute atomic E-state index is 13.3. The first-order chi connectivity index (χ1) is 17.8. The summed E-state index contributed by atoms with van der Waals surface area (Å²) >= 11 is 0. The van der Waals surface area contributed by atoms with Gasteiger partial charge in [0.25, 0.3) is 0 Å². The van der Waals surface area contributed by atoms with E-state index in [1.165, 1.54) is 30.4 Å². The van der Waals surface area contributed by atoms with E-state index in [-0.39, 0.29) is 11.7 Å². The number of carbonyl (C=O) groups excluding carboxylic acids is 1. The van der Waals surface area contributed by atoms with Crippen LogP contribution in [-0.4, -0.2) is 21.1 Å². The third-order valence-corrected chi connectivity index (χ3v) is 8.14. The van der Waals surface area contributed by atoms with Gasteiger partial charge in [-0.25, -0.2) is 4.79 Å². The van der Waals surface area contributed by atoms with Crippen molar-refractivity contribution in [2.75, 3.05) is 0 Å². The highest BCUT2D eigenvalue weighted by Gasteiger charge is 2.41. The van der Waals surface area contributed by atoms with Crippen molar-refractivity contribution in [3.8, 4) is 0 Å². The Morgan fingerprint density at radius 2 is 1.89 bits per heavy atom. The molecule has 7 nitrogen and oxygen atoms in total. The normalized spacial score (nSPS) is 20.2. The van der Waals surface area contributed by atoms with E-state index >= 15 is 0 Å². The molecule has 0 spiro atoms. The van der Waals surface area contributed by atoms with Gasteiger partial charge in [-0.3, -0.25) is 14.3 Å². The van der Waals surface area contributed by atoms with Crippen molar-refractivity contribution in [3.63, 3.8) is 0 Å². The van der Waals surface area contributed by atoms with E-state index in [9.17, 15) is 9.59 Å². The second-order valence-electron chi connectivity index (χ2n) is 11.9. The number of hydrogen-bond donors (Lipinski definition) is 1. The summed E-state index contributed by atoms with van der Waals surface area (Å²) in [6.45, 7) is 8.71. The number of aromatic amines is 1. The van der Waals surface area contributed by atoms with Gasteiger partial charge in [-0.15, -0.1) is 0 Å². The summed E-state index contributed by atoms with van der Waals surface area (Å²) in [5.74, 6) is 3.54. The molecule has 0 aliphatic heterocycles. The first-order valence-electron chi connectivity index (χ1n) is 13.9. The number of nitrogens with zero attached hydrogens (tertiary/aromatic N) is 2. The van der Waals surface area contributed by atoms with Gasteiger partial charge in [0.05, 0.1) is 5.69 Å². The van der Waals surface area contributed by atoms with Gasteiger partial charge in [-0.2, -0.15) is 0 Å². The quantitative estimate of drug-likeness (QED) is 0.310. The molecule has 2 heterocycles. The predicted molar refractivity (Wildman–Crippen MR) is 141 cm³/mol. The topological polar surface area (TPSA) is 102 Å². The van der Waals surface area contributed by atoms with Crippen LogP contribution in [0.25, 0.3) is 0 Å². The molecule has 2 aliphatic rings. The van der Waals surface area contributed by atoms with Crippen LogP contribution in [0.5, 0.6) is 0 Å². The summed E-state index contributed by atoms with van der Waals surface area (Å²) in [5, 5.41) is 8.46. The van der Waals surface area contributed by atoms with Gasteiger partial charge < -0.3 is 4.52 Å². The highest BCUT2D eigenvalue weighted by molar-refractivity contribution is 5.82. The molecule has 2 aromatic heterocycles. The molecule has 2 fully saturated rings. The molecule has 0 unspecified atom stereocenters. The van der Waals surface area contributed by atoms with Gasteiger partial charge in [0, 0.05) is 36.7 Å². The lowest BCUT2D eigenvalue weighted by atomic mass is 9.69. The molecule has 0 saturated heterocycles. The summed E-state index contributed by atoms with van der Waals surface area (Å²) in [6.07, 6.45) is 7.88. The highest BCUT2D eigenvalue weighted by Crippen LogP contribution is 2.52. The number of carbonyl (C=O) groups is 1. The number of aryl methyl sites for hydroxylation is 3. The Bertz CT molecular complexity index is 1290. The monoisotopic (exact) mass is 505 g/mol. The summed E-state index contributed by atoms with van der Waals surface area (Å²) in [6, 6.07) is 6.25. The zero-order chi connectivity index (χ0) is 26.1. The molecule has 1 atom stereocenters. The van der Waals surface area contributed by atoms with Crippen molar-refractivity contribution < 1.29 is 13.8 Å². The molecule has 37 heavy (non-hydrogen) atoms. The molecule has 2 saturated carbocycles. The van der Waals surface area contributed by atoms with Crippen molar-refractivity contribution in [1.29, 1.82) is 0 Å². The Kier molecular flexibility index (Phi) is 7.50. The average molecular weight is 506 g/mol. The molecule has 0 bridgehead atoms. The van der Waals surface area contributed by atoms with Gasteiger partial charge in [-0.1, -0.05) is 47.9 Å². The molecule has 7 heteroatoms. The van der Waals surface area contributed by atoms with E-state index in [1.54, 1.807) is 0 Å². The van der Waals surface area contributed by atoms with Crippen LogP contribution >= 0.6 is 0 Å². The number of H-pyrrole nitrogens is 1. The Balaban J connectivity index is 1.36. The zero-order valence-electron chi connectivity index (χ0n) is 22.5. The minimum absolute atomic E-state index is 0.0851. The van der Waals surface area contributed by atoms with Crippen LogP contribution in [0.2, 0.25) is 0 Å². The molecule has 3 aromatic rings. The van der Waals surface area contributed by atoms with Crippen molar-refractivity contribution in [2.24, 2.45) is 11.8 Å². The van der Waals surface area contributed by atoms with E-state index in [4.69, 9.17) is 9.05 Å². The molecule has 5 rings (SSSR count). The van der Waals surface area contributed by atoms with Crippen LogP contribution in [0.1, 0.15) is 116 Å². The van der Waals surface area contributed by atoms with Crippen LogP contribution in [0.3, 0.4) is 0 Å². The van der Waals surface area contributed by atoms with Crippen LogP contribution in [0, 0.1) is 25.7 Å². The molecule has 198 valence electrons. The fourth-order valence-corrected chi connectivity index (χ4v) is 6.12. The average Bonchev–Trinajstić information content (AvgIpc) is 3.42. The molecule has 0 radical (unpaired) electrons. The molecular formula is C30H39N3O4. The van der Waals surface area contributed by atoms with E-state index in [2.05, 4.69) is 61.2 Å². The van der Waals surface area contributed by atoms with Crippen LogP contribution in [0.4, 0.5) is 0 Å². The summed E-state index contributed by atoms with van der Waals surface area (Å²) in [7, 11) is 0. The minimum Gasteiger partial charge on any atom is -0.361 e. The lowest BCUT2D eigenvalue weighted by Gasteiger charge is -2.35. The molecular weight excluding hydrogens is 466 g/mol. The number of ketones is 1. The summed E-state index contributed by atoms with van der Waals surface area (Å²) < 4.78 is 10.8. The van der Waals surface area contributed by atoms with E-state index in [0.717, 1.165) is 47.3 Å². The van der Waals surface area contributed by atoms with E-state index in [0.29, 0.717) is 43.3 Å². The molecule has 1 N–H and O–H groups in total. The lowest BCUT2D eigenvalue weighted by Crippen LogP contribution is -2.23. The highest BCUT2D eigenvalue weighted by atomic mass is 16.5. The van der Waals surface area contributed by atoms with Crippen molar-refractivity contribution in [2.45, 2.75) is 103 Å². The Morgan fingerprint density at radius 3 is 2.54 bits per heavy atom. The number of Topliss-reactive ketones (excluding diaryl/α,β-unsaturated/α-hetero) is 1. The minimum atomic E-state index is -0.555. The van der Waals surface area contributed by atoms with Crippen molar-refractivity contribution >= 4 is 5.78 Å². The van der Waals surface area contributed by atoms with E-state index < -0.39 is 5.76 Å². The lowest BCUT2D eigenvalue weighted by molar-refractivity contribution is -0.118. The maximum atomic E-state index is 13.3. The first kappa shape index (κ1) is 25.7. The summed E-state index contributed by atoms with van der Waals surface area (Å²) in [5.41, 5.74) is 5.64. The molecule has 2 aliphatic carbocycles. The second-order valence-corrected chi connectivity index (χ2v) is 11.9. The summed E-state index contributed by atoms with van der Waals surface area (Å²) in [4.78, 5) is 27.4. The third kappa shape index (κ3) is 6.13. The van der Waals surface area contributed by atoms with Crippen molar-refractivity contribution in [1.82, 2.24) is 15.3 Å². The number of nitrogens with one attached hydrogen (secondary N) is 1. The number of benzene rings is 1. The van der Waals surface area contributed by atoms with Crippen LogP contribution < -0.4 is 5.76 Å². The first-order valence-corrected chi connectivity index (χ1v) is 13.9. The standard InChI is InChI=1S/C30H39N3O4/c1-17(2)11-20-13-24(14-20)29-27(21-7-8-21)28(33-36-29)23(9-10-26-31-30(35)37-32-26)16-25(34)15-22-6-5-18(3)12-19(22)4/h5-6,12,17,20-21,23-24H,7-11,13-16H2,1-4H3,(H,31,32,35)/t20?,23-,24?/m0/s1. The van der Waals surface area contributed by atoms with Gasteiger partial charge >= 0.3 is 5.76 Å².